The minimum Gasteiger partial charge on any atom is -0.381 e. The van der Waals surface area contributed by atoms with E-state index in [0.29, 0.717) is 0 Å². The monoisotopic (exact) mass is 169 g/mol. The van der Waals surface area contributed by atoms with Crippen molar-refractivity contribution in [1.29, 1.82) is 0 Å². The van der Waals surface area contributed by atoms with Crippen molar-refractivity contribution in [3.63, 3.8) is 0 Å². The Balaban J connectivity index is 2.07. The zero-order valence-corrected chi connectivity index (χ0v) is 7.88. The fourth-order valence-corrected chi connectivity index (χ4v) is 1.42. The molecule has 0 unspecified atom stereocenters. The molecular formula is C10H19NO. The fourth-order valence-electron chi connectivity index (χ4n) is 1.42. The van der Waals surface area contributed by atoms with Gasteiger partial charge in [0.2, 0.25) is 0 Å². The van der Waals surface area contributed by atoms with Gasteiger partial charge in [-0.1, -0.05) is 12.2 Å². The van der Waals surface area contributed by atoms with Crippen LogP contribution in [0.3, 0.4) is 0 Å². The average Bonchev–Trinajstić information content (AvgIpc) is 2.14. The van der Waals surface area contributed by atoms with Crippen LogP contribution in [0.1, 0.15) is 19.3 Å². The number of nitrogens with one attached hydrogen (secondary N) is 1. The lowest BCUT2D eigenvalue weighted by Crippen LogP contribution is -2.13. The molecule has 2 nitrogen and oxygen atoms in total. The van der Waals surface area contributed by atoms with Crippen LogP contribution in [-0.2, 0) is 4.74 Å². The van der Waals surface area contributed by atoms with Crippen molar-refractivity contribution in [3.8, 4) is 0 Å². The van der Waals surface area contributed by atoms with Crippen LogP contribution < -0.4 is 5.32 Å². The summed E-state index contributed by atoms with van der Waals surface area (Å²) >= 11 is 0. The lowest BCUT2D eigenvalue weighted by Gasteiger charge is -2.18. The van der Waals surface area contributed by atoms with Gasteiger partial charge in [0.05, 0.1) is 0 Å². The highest BCUT2D eigenvalue weighted by atomic mass is 16.5. The molecule has 0 amide bonds. The first-order valence-corrected chi connectivity index (χ1v) is 4.82. The van der Waals surface area contributed by atoms with Crippen LogP contribution in [0.25, 0.3) is 0 Å². The van der Waals surface area contributed by atoms with Gasteiger partial charge in [0.25, 0.3) is 0 Å². The van der Waals surface area contributed by atoms with Crippen LogP contribution in [-0.4, -0.2) is 26.8 Å². The Bertz CT molecular complexity index is 128. The molecule has 1 rings (SSSR count). The number of hydrogen-bond acceptors (Lipinski definition) is 2. The Morgan fingerprint density at radius 2 is 2.17 bits per heavy atom. The molecule has 1 N–H and O–H groups in total. The highest BCUT2D eigenvalue weighted by Crippen LogP contribution is 2.15. The van der Waals surface area contributed by atoms with Gasteiger partial charge in [-0.2, -0.15) is 0 Å². The van der Waals surface area contributed by atoms with Crippen LogP contribution in [0.15, 0.2) is 12.2 Å². The summed E-state index contributed by atoms with van der Waals surface area (Å²) in [7, 11) is 1.99. The summed E-state index contributed by atoms with van der Waals surface area (Å²) in [5, 5.41) is 3.13. The number of ether oxygens (including phenoxy) is 1. The molecule has 1 fully saturated rings. The lowest BCUT2D eigenvalue weighted by molar-refractivity contribution is 0.0785. The van der Waals surface area contributed by atoms with Gasteiger partial charge >= 0.3 is 0 Å². The van der Waals surface area contributed by atoms with Crippen molar-refractivity contribution < 1.29 is 4.74 Å². The van der Waals surface area contributed by atoms with Crippen LogP contribution in [0.5, 0.6) is 0 Å². The van der Waals surface area contributed by atoms with E-state index >= 15 is 0 Å². The van der Waals surface area contributed by atoms with Crippen molar-refractivity contribution in [1.82, 2.24) is 5.32 Å². The van der Waals surface area contributed by atoms with E-state index in [1.807, 2.05) is 7.05 Å². The van der Waals surface area contributed by atoms with Gasteiger partial charge in [-0.15, -0.1) is 0 Å². The summed E-state index contributed by atoms with van der Waals surface area (Å²) in [6, 6.07) is 0. The first-order chi connectivity index (χ1) is 5.93. The molecule has 0 bridgehead atoms. The normalized spacial score (nSPS) is 20.4. The SMILES string of the molecule is CNCCC=CC1CCOCC1. The third-order valence-corrected chi connectivity index (χ3v) is 2.24. The summed E-state index contributed by atoms with van der Waals surface area (Å²) in [5.41, 5.74) is 0. The van der Waals surface area contributed by atoms with E-state index in [4.69, 9.17) is 4.74 Å². The third-order valence-electron chi connectivity index (χ3n) is 2.24. The molecule has 2 heteroatoms. The van der Waals surface area contributed by atoms with Gasteiger partial charge in [0, 0.05) is 13.2 Å². The summed E-state index contributed by atoms with van der Waals surface area (Å²) in [6.45, 7) is 2.97. The highest BCUT2D eigenvalue weighted by molar-refractivity contribution is 4.89. The number of hydrogen-bond donors (Lipinski definition) is 1. The van der Waals surface area contributed by atoms with Gasteiger partial charge in [-0.25, -0.2) is 0 Å². The summed E-state index contributed by atoms with van der Waals surface area (Å²) in [4.78, 5) is 0. The van der Waals surface area contributed by atoms with E-state index in [0.717, 1.165) is 32.1 Å². The molecule has 0 atom stereocenters. The average molecular weight is 169 g/mol. The Labute approximate surface area is 75.0 Å². The van der Waals surface area contributed by atoms with Crippen molar-refractivity contribution in [2.75, 3.05) is 26.8 Å². The Morgan fingerprint density at radius 3 is 2.83 bits per heavy atom. The zero-order valence-electron chi connectivity index (χ0n) is 7.88. The maximum absolute atomic E-state index is 5.28. The molecule has 70 valence electrons. The molecule has 12 heavy (non-hydrogen) atoms. The summed E-state index contributed by atoms with van der Waals surface area (Å²) in [5.74, 6) is 0.774. The molecular weight excluding hydrogens is 150 g/mol. The molecule has 0 aromatic rings. The Morgan fingerprint density at radius 1 is 1.42 bits per heavy atom. The first kappa shape index (κ1) is 9.75. The van der Waals surface area contributed by atoms with E-state index in [1.54, 1.807) is 0 Å². The Hall–Kier alpha value is -0.340. The van der Waals surface area contributed by atoms with Crippen molar-refractivity contribution in [2.45, 2.75) is 19.3 Å². The third kappa shape index (κ3) is 3.88. The van der Waals surface area contributed by atoms with Crippen molar-refractivity contribution >= 4 is 0 Å². The number of allylic oxidation sites excluding steroid dienone is 1. The zero-order chi connectivity index (χ0) is 8.65. The smallest absolute Gasteiger partial charge is 0.0471 e. The summed E-state index contributed by atoms with van der Waals surface area (Å²) in [6.07, 6.45) is 8.19. The van der Waals surface area contributed by atoms with Gasteiger partial charge in [-0.05, 0) is 38.8 Å². The van der Waals surface area contributed by atoms with Crippen molar-refractivity contribution in [2.24, 2.45) is 5.92 Å². The highest BCUT2D eigenvalue weighted by Gasteiger charge is 2.09. The molecule has 1 aliphatic rings. The number of rotatable bonds is 4. The molecule has 0 aromatic heterocycles. The van der Waals surface area contributed by atoms with E-state index < -0.39 is 0 Å². The fraction of sp³-hybridized carbons (Fsp3) is 0.800. The molecule has 1 heterocycles. The maximum Gasteiger partial charge on any atom is 0.0471 e. The predicted octanol–water partition coefficient (Wildman–Crippen LogP) is 1.58. The lowest BCUT2D eigenvalue weighted by atomic mass is 10.00. The van der Waals surface area contributed by atoms with Crippen LogP contribution in [0, 0.1) is 5.92 Å². The second kappa shape index (κ2) is 6.21. The van der Waals surface area contributed by atoms with Crippen LogP contribution >= 0.6 is 0 Å². The first-order valence-electron chi connectivity index (χ1n) is 4.82. The largest absolute Gasteiger partial charge is 0.381 e. The molecule has 0 saturated carbocycles. The molecule has 0 radical (unpaired) electrons. The van der Waals surface area contributed by atoms with Crippen LogP contribution in [0.2, 0.25) is 0 Å². The topological polar surface area (TPSA) is 21.3 Å². The van der Waals surface area contributed by atoms with E-state index in [-0.39, 0.29) is 0 Å². The quantitative estimate of drug-likeness (QED) is 0.509. The van der Waals surface area contributed by atoms with Gasteiger partial charge in [0.1, 0.15) is 0 Å². The molecule has 1 saturated heterocycles. The van der Waals surface area contributed by atoms with Crippen molar-refractivity contribution in [3.05, 3.63) is 12.2 Å². The van der Waals surface area contributed by atoms with E-state index in [2.05, 4.69) is 17.5 Å². The van der Waals surface area contributed by atoms with Gasteiger partial charge in [-0.3, -0.25) is 0 Å². The minimum atomic E-state index is 0.774. The van der Waals surface area contributed by atoms with E-state index in [9.17, 15) is 0 Å². The molecule has 0 aromatic carbocycles. The molecule has 0 aliphatic carbocycles. The van der Waals surface area contributed by atoms with Crippen LogP contribution in [0.4, 0.5) is 0 Å². The molecule has 0 spiro atoms. The van der Waals surface area contributed by atoms with Gasteiger partial charge in [0.15, 0.2) is 0 Å². The molecule has 1 aliphatic heterocycles. The summed E-state index contributed by atoms with van der Waals surface area (Å²) < 4.78 is 5.28. The maximum atomic E-state index is 5.28. The standard InChI is InChI=1S/C10H19NO/c1-11-7-3-2-4-10-5-8-12-9-6-10/h2,4,10-11H,3,5-9H2,1H3. The predicted molar refractivity (Wildman–Crippen MR) is 51.2 cm³/mol. The second-order valence-corrected chi connectivity index (χ2v) is 3.27. The van der Waals surface area contributed by atoms with Gasteiger partial charge < -0.3 is 10.1 Å². The van der Waals surface area contributed by atoms with E-state index in [1.165, 1.54) is 12.8 Å². The second-order valence-electron chi connectivity index (χ2n) is 3.27. The minimum absolute atomic E-state index is 0.774. The Kier molecular flexibility index (Phi) is 5.04.